The van der Waals surface area contributed by atoms with Crippen molar-refractivity contribution in [1.82, 2.24) is 9.97 Å². The number of nitrogens with one attached hydrogen (secondary N) is 1. The van der Waals surface area contributed by atoms with Crippen LogP contribution >= 0.6 is 15.9 Å². The maximum atomic E-state index is 12.7. The fourth-order valence-electron chi connectivity index (χ4n) is 2.77. The molecular formula is C20H14BrN3O. The minimum absolute atomic E-state index is 0.199. The predicted octanol–water partition coefficient (Wildman–Crippen LogP) is 5.11. The molecule has 0 saturated carbocycles. The number of hydrogen-bond acceptors (Lipinski definition) is 3. The zero-order chi connectivity index (χ0) is 17.4. The molecule has 122 valence electrons. The highest BCUT2D eigenvalue weighted by molar-refractivity contribution is 9.10. The summed E-state index contributed by atoms with van der Waals surface area (Å²) in [6.45, 7) is 1.99. The Kier molecular flexibility index (Phi) is 3.93. The summed E-state index contributed by atoms with van der Waals surface area (Å²) in [7, 11) is 0. The van der Waals surface area contributed by atoms with Gasteiger partial charge in [-0.2, -0.15) is 0 Å². The molecule has 0 radical (unpaired) electrons. The number of amides is 1. The smallest absolute Gasteiger partial charge is 0.257 e. The summed E-state index contributed by atoms with van der Waals surface area (Å²) in [4.78, 5) is 22.1. The Hall–Kier alpha value is -2.79. The third kappa shape index (κ3) is 2.98. The molecule has 1 heterocycles. The number of hydrogen-bond donors (Lipinski definition) is 1. The SMILES string of the molecule is Cc1cccc2nc3cccc(C(=O)Nc4ccc(Br)cc4)c3nc12. The van der Waals surface area contributed by atoms with Crippen LogP contribution in [0.2, 0.25) is 0 Å². The molecule has 3 aromatic carbocycles. The van der Waals surface area contributed by atoms with Gasteiger partial charge in [-0.15, -0.1) is 0 Å². The second-order valence-electron chi connectivity index (χ2n) is 5.80. The fourth-order valence-corrected chi connectivity index (χ4v) is 3.04. The average Bonchev–Trinajstić information content (AvgIpc) is 2.62. The highest BCUT2D eigenvalue weighted by Crippen LogP contribution is 2.22. The van der Waals surface area contributed by atoms with Crippen molar-refractivity contribution in [2.45, 2.75) is 6.92 Å². The number of benzene rings is 3. The number of halogens is 1. The number of nitrogens with zero attached hydrogens (tertiary/aromatic N) is 2. The highest BCUT2D eigenvalue weighted by Gasteiger charge is 2.13. The third-order valence-corrected chi connectivity index (χ3v) is 4.57. The zero-order valence-electron chi connectivity index (χ0n) is 13.5. The minimum Gasteiger partial charge on any atom is -0.322 e. The number of carbonyl (C=O) groups excluding carboxylic acids is 1. The standard InChI is InChI=1S/C20H14BrN3O/c1-12-4-2-6-16-18(12)24-19-15(5-3-7-17(19)23-16)20(25)22-14-10-8-13(21)9-11-14/h2-11H,1H3,(H,22,25). The van der Waals surface area contributed by atoms with Crippen LogP contribution in [0, 0.1) is 6.92 Å². The maximum Gasteiger partial charge on any atom is 0.257 e. The van der Waals surface area contributed by atoms with Crippen LogP contribution in [0.4, 0.5) is 5.69 Å². The monoisotopic (exact) mass is 391 g/mol. The van der Waals surface area contributed by atoms with E-state index in [4.69, 9.17) is 4.98 Å². The molecule has 0 unspecified atom stereocenters. The fraction of sp³-hybridized carbons (Fsp3) is 0.0500. The number of rotatable bonds is 2. The van der Waals surface area contributed by atoms with Gasteiger partial charge in [0.25, 0.3) is 5.91 Å². The van der Waals surface area contributed by atoms with Gasteiger partial charge in [-0.05, 0) is 55.0 Å². The van der Waals surface area contributed by atoms with Crippen molar-refractivity contribution in [3.05, 3.63) is 76.3 Å². The summed E-state index contributed by atoms with van der Waals surface area (Å²) in [6, 6.07) is 18.8. The number of fused-ring (bicyclic) bond motifs is 2. The Balaban J connectivity index is 1.82. The van der Waals surface area contributed by atoms with Crippen molar-refractivity contribution < 1.29 is 4.79 Å². The van der Waals surface area contributed by atoms with E-state index in [1.54, 1.807) is 6.07 Å². The van der Waals surface area contributed by atoms with Crippen molar-refractivity contribution in [3.8, 4) is 0 Å². The second kappa shape index (κ2) is 6.26. The van der Waals surface area contributed by atoms with Gasteiger partial charge in [0.05, 0.1) is 22.1 Å². The topological polar surface area (TPSA) is 54.9 Å². The first kappa shape index (κ1) is 15.7. The average molecular weight is 392 g/mol. The van der Waals surface area contributed by atoms with E-state index in [1.165, 1.54) is 0 Å². The van der Waals surface area contributed by atoms with Crippen LogP contribution < -0.4 is 5.32 Å². The van der Waals surface area contributed by atoms with Crippen LogP contribution in [0.5, 0.6) is 0 Å². The largest absolute Gasteiger partial charge is 0.322 e. The molecule has 0 spiro atoms. The van der Waals surface area contributed by atoms with Crippen molar-refractivity contribution in [3.63, 3.8) is 0 Å². The molecule has 0 saturated heterocycles. The molecule has 4 rings (SSSR count). The molecule has 0 atom stereocenters. The van der Waals surface area contributed by atoms with Crippen LogP contribution in [-0.2, 0) is 0 Å². The Bertz CT molecular complexity index is 1110. The molecule has 0 fully saturated rings. The van der Waals surface area contributed by atoms with E-state index >= 15 is 0 Å². The Morgan fingerprint density at radius 2 is 1.56 bits per heavy atom. The summed E-state index contributed by atoms with van der Waals surface area (Å²) in [6.07, 6.45) is 0. The third-order valence-electron chi connectivity index (χ3n) is 4.04. The van der Waals surface area contributed by atoms with Crippen LogP contribution in [0.25, 0.3) is 22.1 Å². The van der Waals surface area contributed by atoms with Gasteiger partial charge in [-0.3, -0.25) is 4.79 Å². The van der Waals surface area contributed by atoms with Gasteiger partial charge in [0, 0.05) is 10.2 Å². The van der Waals surface area contributed by atoms with Crippen molar-refractivity contribution in [2.75, 3.05) is 5.32 Å². The summed E-state index contributed by atoms with van der Waals surface area (Å²) in [5, 5.41) is 2.91. The van der Waals surface area contributed by atoms with Gasteiger partial charge in [-0.25, -0.2) is 9.97 Å². The number of para-hydroxylation sites is 2. The van der Waals surface area contributed by atoms with Gasteiger partial charge in [0.15, 0.2) is 0 Å². The lowest BCUT2D eigenvalue weighted by molar-refractivity contribution is 0.102. The van der Waals surface area contributed by atoms with Crippen molar-refractivity contribution >= 4 is 49.6 Å². The van der Waals surface area contributed by atoms with Gasteiger partial charge < -0.3 is 5.32 Å². The van der Waals surface area contributed by atoms with Crippen LogP contribution in [0.15, 0.2) is 65.1 Å². The quantitative estimate of drug-likeness (QED) is 0.483. The van der Waals surface area contributed by atoms with Gasteiger partial charge in [0.2, 0.25) is 0 Å². The molecule has 25 heavy (non-hydrogen) atoms. The minimum atomic E-state index is -0.199. The van der Waals surface area contributed by atoms with Crippen LogP contribution in [-0.4, -0.2) is 15.9 Å². The predicted molar refractivity (Wildman–Crippen MR) is 104 cm³/mol. The van der Waals surface area contributed by atoms with E-state index in [-0.39, 0.29) is 5.91 Å². The van der Waals surface area contributed by atoms with E-state index in [2.05, 4.69) is 26.2 Å². The molecular weight excluding hydrogens is 378 g/mol. The maximum absolute atomic E-state index is 12.7. The summed E-state index contributed by atoms with van der Waals surface area (Å²) in [5.74, 6) is -0.199. The molecule has 4 nitrogen and oxygen atoms in total. The Labute approximate surface area is 153 Å². The molecule has 0 aliphatic heterocycles. The lowest BCUT2D eigenvalue weighted by Gasteiger charge is -2.09. The molecule has 0 aliphatic carbocycles. The molecule has 4 aromatic rings. The molecule has 5 heteroatoms. The van der Waals surface area contributed by atoms with E-state index in [0.717, 1.165) is 26.8 Å². The zero-order valence-corrected chi connectivity index (χ0v) is 15.0. The van der Waals surface area contributed by atoms with Crippen molar-refractivity contribution in [2.24, 2.45) is 0 Å². The molecule has 0 bridgehead atoms. The lowest BCUT2D eigenvalue weighted by atomic mass is 10.1. The first-order chi connectivity index (χ1) is 12.1. The Morgan fingerprint density at radius 3 is 2.32 bits per heavy atom. The van der Waals surface area contributed by atoms with Gasteiger partial charge in [-0.1, -0.05) is 34.1 Å². The van der Waals surface area contributed by atoms with Gasteiger partial charge >= 0.3 is 0 Å². The first-order valence-electron chi connectivity index (χ1n) is 7.85. The highest BCUT2D eigenvalue weighted by atomic mass is 79.9. The normalized spacial score (nSPS) is 11.0. The van der Waals surface area contributed by atoms with Crippen molar-refractivity contribution in [1.29, 1.82) is 0 Å². The van der Waals surface area contributed by atoms with E-state index < -0.39 is 0 Å². The summed E-state index contributed by atoms with van der Waals surface area (Å²) in [5.41, 5.74) is 5.25. The number of aromatic nitrogens is 2. The number of carbonyl (C=O) groups is 1. The van der Waals surface area contributed by atoms with E-state index in [0.29, 0.717) is 16.6 Å². The Morgan fingerprint density at radius 1 is 0.880 bits per heavy atom. The molecule has 1 amide bonds. The van der Waals surface area contributed by atoms with Crippen LogP contribution in [0.1, 0.15) is 15.9 Å². The molecule has 0 aliphatic rings. The van der Waals surface area contributed by atoms with Gasteiger partial charge in [0.1, 0.15) is 5.52 Å². The summed E-state index contributed by atoms with van der Waals surface area (Å²) >= 11 is 3.39. The van der Waals surface area contributed by atoms with E-state index in [9.17, 15) is 4.79 Å². The first-order valence-corrected chi connectivity index (χ1v) is 8.64. The van der Waals surface area contributed by atoms with Crippen LogP contribution in [0.3, 0.4) is 0 Å². The van der Waals surface area contributed by atoms with E-state index in [1.807, 2.05) is 61.5 Å². The lowest BCUT2D eigenvalue weighted by Crippen LogP contribution is -2.13. The second-order valence-corrected chi connectivity index (χ2v) is 6.72. The number of anilines is 1. The molecule has 1 aromatic heterocycles. The summed E-state index contributed by atoms with van der Waals surface area (Å²) < 4.78 is 0.962. The number of aryl methyl sites for hydroxylation is 1. The molecule has 1 N–H and O–H groups in total.